The van der Waals surface area contributed by atoms with Crippen molar-refractivity contribution in [3.05, 3.63) is 52.5 Å². The second-order valence-electron chi connectivity index (χ2n) is 3.97. The smallest absolute Gasteiger partial charge is 0.267 e. The fourth-order valence-corrected chi connectivity index (χ4v) is 2.34. The maximum Gasteiger partial charge on any atom is 0.272 e. The molecule has 0 saturated carbocycles. The van der Waals surface area contributed by atoms with E-state index in [1.165, 1.54) is 6.20 Å². The van der Waals surface area contributed by atoms with Gasteiger partial charge in [-0.3, -0.25) is 9.78 Å². The van der Waals surface area contributed by atoms with Crippen LogP contribution in [0, 0.1) is 0 Å². The Kier molecular flexibility index (Phi) is 4.80. The molecule has 0 aliphatic carbocycles. The van der Waals surface area contributed by atoms with Crippen LogP contribution in [0.2, 0.25) is 0 Å². The number of aromatic nitrogens is 1. The van der Waals surface area contributed by atoms with E-state index in [-0.39, 0.29) is 5.91 Å². The van der Waals surface area contributed by atoms with Crippen molar-refractivity contribution >= 4 is 23.0 Å². The average Bonchev–Trinajstić information content (AvgIpc) is 2.98. The van der Waals surface area contributed by atoms with Gasteiger partial charge in [0, 0.05) is 12.4 Å². The summed E-state index contributed by atoms with van der Waals surface area (Å²) in [5, 5.41) is 6.24. The molecule has 0 radical (unpaired) electrons. The van der Waals surface area contributed by atoms with Gasteiger partial charge in [0.2, 0.25) is 0 Å². The van der Waals surface area contributed by atoms with Gasteiger partial charge in [-0.05, 0) is 30.0 Å². The molecule has 0 aliphatic heterocycles. The van der Waals surface area contributed by atoms with Gasteiger partial charge in [-0.25, -0.2) is 5.43 Å². The molecule has 2 rings (SSSR count). The highest BCUT2D eigenvalue weighted by Gasteiger charge is 2.07. The van der Waals surface area contributed by atoms with Crippen LogP contribution in [0.1, 0.15) is 35.0 Å². The SMILES string of the molecule is CCC/C(=N\NC(=O)c1cccnc1)c1cccs1. The molecule has 5 heteroatoms. The fraction of sp³-hybridized carbons (Fsp3) is 0.214. The van der Waals surface area contributed by atoms with Crippen molar-refractivity contribution in [2.24, 2.45) is 5.10 Å². The lowest BCUT2D eigenvalue weighted by Gasteiger charge is -2.04. The van der Waals surface area contributed by atoms with Gasteiger partial charge >= 0.3 is 0 Å². The Balaban J connectivity index is 2.09. The number of rotatable bonds is 5. The van der Waals surface area contributed by atoms with Crippen molar-refractivity contribution in [1.82, 2.24) is 10.4 Å². The number of carbonyl (C=O) groups excluding carboxylic acids is 1. The standard InChI is InChI=1S/C14H15N3OS/c1-2-5-12(13-7-4-9-19-13)16-17-14(18)11-6-3-8-15-10-11/h3-4,6-10H,2,5H2,1H3,(H,17,18)/b16-12+. The van der Waals surface area contributed by atoms with E-state index in [9.17, 15) is 4.79 Å². The molecule has 0 atom stereocenters. The van der Waals surface area contributed by atoms with Crippen molar-refractivity contribution < 1.29 is 4.79 Å². The maximum absolute atomic E-state index is 11.9. The molecule has 2 aromatic rings. The number of nitrogens with one attached hydrogen (secondary N) is 1. The van der Waals surface area contributed by atoms with Crippen molar-refractivity contribution in [2.75, 3.05) is 0 Å². The summed E-state index contributed by atoms with van der Waals surface area (Å²) in [4.78, 5) is 16.9. The molecular weight excluding hydrogens is 258 g/mol. The molecule has 2 aromatic heterocycles. The summed E-state index contributed by atoms with van der Waals surface area (Å²) >= 11 is 1.62. The molecule has 98 valence electrons. The Morgan fingerprint density at radius 2 is 2.32 bits per heavy atom. The number of hydrogen-bond donors (Lipinski definition) is 1. The van der Waals surface area contributed by atoms with E-state index in [4.69, 9.17) is 0 Å². The van der Waals surface area contributed by atoms with Gasteiger partial charge in [-0.2, -0.15) is 5.10 Å². The van der Waals surface area contributed by atoms with Gasteiger partial charge in [0.05, 0.1) is 16.2 Å². The molecule has 4 nitrogen and oxygen atoms in total. The van der Waals surface area contributed by atoms with Crippen molar-refractivity contribution in [1.29, 1.82) is 0 Å². The molecule has 0 aliphatic rings. The lowest BCUT2D eigenvalue weighted by Crippen LogP contribution is -2.20. The predicted octanol–water partition coefficient (Wildman–Crippen LogP) is 3.08. The summed E-state index contributed by atoms with van der Waals surface area (Å²) in [7, 11) is 0. The van der Waals surface area contributed by atoms with Crippen LogP contribution in [0.25, 0.3) is 0 Å². The molecule has 0 spiro atoms. The highest BCUT2D eigenvalue weighted by Crippen LogP contribution is 2.13. The topological polar surface area (TPSA) is 54.4 Å². The number of hydrogen-bond acceptors (Lipinski definition) is 4. The number of carbonyl (C=O) groups is 1. The first-order valence-electron chi connectivity index (χ1n) is 6.12. The normalized spacial score (nSPS) is 11.3. The van der Waals surface area contributed by atoms with Crippen LogP contribution in [-0.2, 0) is 0 Å². The van der Waals surface area contributed by atoms with Gasteiger partial charge in [-0.15, -0.1) is 11.3 Å². The average molecular weight is 273 g/mol. The summed E-state index contributed by atoms with van der Waals surface area (Å²) in [6, 6.07) is 7.43. The molecule has 0 saturated heterocycles. The zero-order valence-corrected chi connectivity index (χ0v) is 11.5. The Bertz CT molecular complexity index is 549. The Hall–Kier alpha value is -2.01. The third kappa shape index (κ3) is 3.72. The molecule has 2 heterocycles. The van der Waals surface area contributed by atoms with Gasteiger partial charge in [0.25, 0.3) is 5.91 Å². The molecule has 0 aromatic carbocycles. The number of nitrogens with zero attached hydrogens (tertiary/aromatic N) is 2. The molecule has 1 amide bonds. The van der Waals surface area contributed by atoms with Gasteiger partial charge in [0.15, 0.2) is 0 Å². The summed E-state index contributed by atoms with van der Waals surface area (Å²) < 4.78 is 0. The van der Waals surface area contributed by atoms with Crippen LogP contribution >= 0.6 is 11.3 Å². The third-order valence-corrected chi connectivity index (χ3v) is 3.43. The maximum atomic E-state index is 11.9. The first kappa shape index (κ1) is 13.4. The van der Waals surface area contributed by atoms with Crippen molar-refractivity contribution in [3.8, 4) is 0 Å². The number of pyridine rings is 1. The number of thiophene rings is 1. The predicted molar refractivity (Wildman–Crippen MR) is 77.5 cm³/mol. The monoisotopic (exact) mass is 273 g/mol. The molecular formula is C14H15N3OS. The molecule has 19 heavy (non-hydrogen) atoms. The van der Waals surface area contributed by atoms with Crippen molar-refractivity contribution in [3.63, 3.8) is 0 Å². The molecule has 0 bridgehead atoms. The van der Waals surface area contributed by atoms with E-state index in [1.807, 2.05) is 17.5 Å². The van der Waals surface area contributed by atoms with E-state index in [2.05, 4.69) is 22.4 Å². The largest absolute Gasteiger partial charge is 0.272 e. The van der Waals surface area contributed by atoms with Crippen LogP contribution in [-0.4, -0.2) is 16.6 Å². The van der Waals surface area contributed by atoms with Gasteiger partial charge < -0.3 is 0 Å². The van der Waals surface area contributed by atoms with E-state index in [0.717, 1.165) is 23.4 Å². The minimum Gasteiger partial charge on any atom is -0.267 e. The first-order valence-corrected chi connectivity index (χ1v) is 7.00. The summed E-state index contributed by atoms with van der Waals surface area (Å²) in [6.07, 6.45) is 4.98. The highest BCUT2D eigenvalue weighted by atomic mass is 32.1. The second kappa shape index (κ2) is 6.80. The van der Waals surface area contributed by atoms with Crippen LogP contribution in [0.5, 0.6) is 0 Å². The number of amides is 1. The van der Waals surface area contributed by atoms with Crippen LogP contribution in [0.3, 0.4) is 0 Å². The van der Waals surface area contributed by atoms with E-state index in [1.54, 1.807) is 29.7 Å². The third-order valence-electron chi connectivity index (χ3n) is 2.51. The Morgan fingerprint density at radius 1 is 1.42 bits per heavy atom. The fourth-order valence-electron chi connectivity index (χ4n) is 1.59. The lowest BCUT2D eigenvalue weighted by atomic mass is 10.2. The Labute approximate surface area is 116 Å². The molecule has 1 N–H and O–H groups in total. The minimum absolute atomic E-state index is 0.238. The van der Waals surface area contributed by atoms with Crippen LogP contribution in [0.4, 0.5) is 0 Å². The van der Waals surface area contributed by atoms with Crippen LogP contribution < -0.4 is 5.43 Å². The summed E-state index contributed by atoms with van der Waals surface area (Å²) in [6.45, 7) is 2.09. The quantitative estimate of drug-likeness (QED) is 0.672. The second-order valence-corrected chi connectivity index (χ2v) is 4.92. The van der Waals surface area contributed by atoms with Gasteiger partial charge in [-0.1, -0.05) is 19.4 Å². The van der Waals surface area contributed by atoms with E-state index >= 15 is 0 Å². The summed E-state index contributed by atoms with van der Waals surface area (Å²) in [5.74, 6) is -0.238. The molecule has 0 fully saturated rings. The summed E-state index contributed by atoms with van der Waals surface area (Å²) in [5.41, 5.74) is 4.01. The zero-order chi connectivity index (χ0) is 13.5. The van der Waals surface area contributed by atoms with Gasteiger partial charge in [0.1, 0.15) is 0 Å². The zero-order valence-electron chi connectivity index (χ0n) is 10.7. The highest BCUT2D eigenvalue weighted by molar-refractivity contribution is 7.12. The lowest BCUT2D eigenvalue weighted by molar-refractivity contribution is 0.0954. The first-order chi connectivity index (χ1) is 9.31. The van der Waals surface area contributed by atoms with Crippen LogP contribution in [0.15, 0.2) is 47.1 Å². The van der Waals surface area contributed by atoms with E-state index in [0.29, 0.717) is 5.56 Å². The number of hydrazone groups is 1. The van der Waals surface area contributed by atoms with Crippen molar-refractivity contribution in [2.45, 2.75) is 19.8 Å². The molecule has 0 unspecified atom stereocenters. The Morgan fingerprint density at radius 3 is 2.95 bits per heavy atom. The minimum atomic E-state index is -0.238. The van der Waals surface area contributed by atoms with E-state index < -0.39 is 0 Å².